The Morgan fingerprint density at radius 3 is 1.50 bits per heavy atom. The molecule has 0 atom stereocenters. The zero-order valence-corrected chi connectivity index (χ0v) is 19.3. The highest BCUT2D eigenvalue weighted by Gasteiger charge is 2.12. The molecule has 0 bridgehead atoms. The summed E-state index contributed by atoms with van der Waals surface area (Å²) < 4.78 is 0. The first-order valence-corrected chi connectivity index (χ1v) is 11.3. The third-order valence-electron chi connectivity index (χ3n) is 5.71. The van der Waals surface area contributed by atoms with Gasteiger partial charge < -0.3 is 9.80 Å². The summed E-state index contributed by atoms with van der Waals surface area (Å²) in [6.07, 6.45) is 1.80. The molecule has 1 aromatic heterocycles. The van der Waals surface area contributed by atoms with E-state index in [-0.39, 0.29) is 0 Å². The van der Waals surface area contributed by atoms with Gasteiger partial charge >= 0.3 is 0 Å². The third-order valence-corrected chi connectivity index (χ3v) is 5.71. The minimum atomic E-state index is 0.707. The largest absolute Gasteiger partial charge is 0.347 e. The Bertz CT molecular complexity index is 1310. The van der Waals surface area contributed by atoms with Gasteiger partial charge in [0, 0.05) is 42.9 Å². The fourth-order valence-corrected chi connectivity index (χ4v) is 3.96. The summed E-state index contributed by atoms with van der Waals surface area (Å²) in [5, 5.41) is 0. The van der Waals surface area contributed by atoms with Crippen molar-refractivity contribution in [2.75, 3.05) is 23.9 Å². The lowest BCUT2D eigenvalue weighted by Crippen LogP contribution is -2.12. The minimum absolute atomic E-state index is 0.707. The van der Waals surface area contributed by atoms with Gasteiger partial charge in [-0.1, -0.05) is 72.8 Å². The van der Waals surface area contributed by atoms with E-state index in [9.17, 15) is 0 Å². The van der Waals surface area contributed by atoms with Crippen molar-refractivity contribution in [2.45, 2.75) is 0 Å². The molecule has 0 fully saturated rings. The third kappa shape index (κ3) is 4.52. The molecule has 1 heterocycles. The van der Waals surface area contributed by atoms with Gasteiger partial charge in [-0.2, -0.15) is 0 Å². The quantitative estimate of drug-likeness (QED) is 0.275. The molecule has 0 aliphatic carbocycles. The van der Waals surface area contributed by atoms with Gasteiger partial charge in [-0.25, -0.2) is 9.97 Å². The van der Waals surface area contributed by atoms with Crippen molar-refractivity contribution in [3.05, 3.63) is 121 Å². The van der Waals surface area contributed by atoms with Gasteiger partial charge in [0.1, 0.15) is 0 Å². The maximum atomic E-state index is 4.64. The monoisotopic (exact) mass is 442 g/mol. The average molecular weight is 443 g/mol. The van der Waals surface area contributed by atoms with E-state index in [0.717, 1.165) is 28.3 Å². The average Bonchev–Trinajstić information content (AvgIpc) is 2.91. The van der Waals surface area contributed by atoms with E-state index in [0.29, 0.717) is 5.95 Å². The predicted molar refractivity (Wildman–Crippen MR) is 142 cm³/mol. The van der Waals surface area contributed by atoms with Gasteiger partial charge in [-0.3, -0.25) is 0 Å². The van der Waals surface area contributed by atoms with Crippen LogP contribution in [0.4, 0.5) is 23.0 Å². The number of para-hydroxylation sites is 2. The van der Waals surface area contributed by atoms with Gasteiger partial charge in [-0.05, 0) is 53.6 Å². The second kappa shape index (κ2) is 9.59. The Hall–Kier alpha value is -4.44. The van der Waals surface area contributed by atoms with Crippen molar-refractivity contribution in [3.8, 4) is 22.4 Å². The molecule has 0 aliphatic heterocycles. The first kappa shape index (κ1) is 21.4. The summed E-state index contributed by atoms with van der Waals surface area (Å²) in [6.45, 7) is 0. The maximum absolute atomic E-state index is 4.64. The summed E-state index contributed by atoms with van der Waals surface area (Å²) in [4.78, 5) is 13.1. The van der Waals surface area contributed by atoms with Crippen molar-refractivity contribution in [2.24, 2.45) is 0 Å². The summed E-state index contributed by atoms with van der Waals surface area (Å²) in [5.74, 6) is 0.707. The van der Waals surface area contributed by atoms with E-state index >= 15 is 0 Å². The Morgan fingerprint density at radius 1 is 0.500 bits per heavy atom. The lowest BCUT2D eigenvalue weighted by atomic mass is 10.0. The van der Waals surface area contributed by atoms with Crippen LogP contribution in [0.25, 0.3) is 22.4 Å². The smallest absolute Gasteiger partial charge is 0.225 e. The van der Waals surface area contributed by atoms with Crippen LogP contribution < -0.4 is 9.80 Å². The summed E-state index contributed by atoms with van der Waals surface area (Å²) in [5.41, 5.74) is 7.72. The molecule has 166 valence electrons. The van der Waals surface area contributed by atoms with Crippen molar-refractivity contribution in [1.29, 1.82) is 0 Å². The maximum Gasteiger partial charge on any atom is 0.225 e. The molecule has 0 spiro atoms. The molecule has 0 unspecified atom stereocenters. The van der Waals surface area contributed by atoms with Crippen molar-refractivity contribution in [1.82, 2.24) is 9.97 Å². The normalized spacial score (nSPS) is 10.6. The van der Waals surface area contributed by atoms with Gasteiger partial charge in [0.2, 0.25) is 5.95 Å². The Balaban J connectivity index is 1.43. The molecule has 34 heavy (non-hydrogen) atoms. The van der Waals surface area contributed by atoms with Crippen molar-refractivity contribution >= 4 is 23.0 Å². The van der Waals surface area contributed by atoms with Gasteiger partial charge in [0.05, 0.1) is 5.69 Å². The highest BCUT2D eigenvalue weighted by molar-refractivity contribution is 5.78. The van der Waals surface area contributed by atoms with Crippen molar-refractivity contribution < 1.29 is 0 Å². The summed E-state index contributed by atoms with van der Waals surface area (Å²) in [7, 11) is 3.89. The van der Waals surface area contributed by atoms with E-state index in [2.05, 4.69) is 112 Å². The fraction of sp³-hybridized carbons (Fsp3) is 0.0667. The first-order valence-electron chi connectivity index (χ1n) is 11.3. The van der Waals surface area contributed by atoms with Crippen LogP contribution >= 0.6 is 0 Å². The van der Waals surface area contributed by atoms with Gasteiger partial charge in [0.25, 0.3) is 0 Å². The zero-order valence-electron chi connectivity index (χ0n) is 19.3. The van der Waals surface area contributed by atoms with Crippen LogP contribution in [0, 0.1) is 0 Å². The van der Waals surface area contributed by atoms with Crippen LogP contribution in [-0.4, -0.2) is 24.1 Å². The van der Waals surface area contributed by atoms with E-state index in [1.165, 1.54) is 11.1 Å². The van der Waals surface area contributed by atoms with Crippen LogP contribution in [-0.2, 0) is 0 Å². The lowest BCUT2D eigenvalue weighted by molar-refractivity contribution is 1.00. The van der Waals surface area contributed by atoms with Crippen molar-refractivity contribution in [3.63, 3.8) is 0 Å². The highest BCUT2D eigenvalue weighted by Crippen LogP contribution is 2.35. The number of aromatic nitrogens is 2. The van der Waals surface area contributed by atoms with Crippen LogP contribution in [0.5, 0.6) is 0 Å². The zero-order chi connectivity index (χ0) is 23.3. The molecule has 0 amide bonds. The molecular weight excluding hydrogens is 416 g/mol. The molecule has 0 radical (unpaired) electrons. The summed E-state index contributed by atoms with van der Waals surface area (Å²) >= 11 is 0. The SMILES string of the molecule is CN(C)c1nccc(-c2ccc(-c3ccc(N(c4ccccc4)c4ccccc4)cc3)cc2)n1. The number of benzene rings is 4. The molecule has 5 rings (SSSR count). The number of hydrogen-bond donors (Lipinski definition) is 0. The van der Waals surface area contributed by atoms with Crippen LogP contribution in [0.2, 0.25) is 0 Å². The Kier molecular flexibility index (Phi) is 6.04. The van der Waals surface area contributed by atoms with Gasteiger partial charge in [0.15, 0.2) is 0 Å². The molecular formula is C30H26N4. The molecule has 0 aliphatic rings. The second-order valence-electron chi connectivity index (χ2n) is 8.27. The van der Waals surface area contributed by atoms with E-state index < -0.39 is 0 Å². The molecule has 0 N–H and O–H groups in total. The minimum Gasteiger partial charge on any atom is -0.347 e. The molecule has 4 aromatic carbocycles. The van der Waals surface area contributed by atoms with Crippen LogP contribution in [0.1, 0.15) is 0 Å². The fourth-order valence-electron chi connectivity index (χ4n) is 3.96. The lowest BCUT2D eigenvalue weighted by Gasteiger charge is -2.25. The molecule has 4 nitrogen and oxygen atoms in total. The number of nitrogens with zero attached hydrogens (tertiary/aromatic N) is 4. The Labute approximate surface area is 200 Å². The van der Waals surface area contributed by atoms with Gasteiger partial charge in [-0.15, -0.1) is 0 Å². The predicted octanol–water partition coefficient (Wildman–Crippen LogP) is 7.35. The Morgan fingerprint density at radius 2 is 0.971 bits per heavy atom. The summed E-state index contributed by atoms with van der Waals surface area (Å²) in [6, 6.07) is 40.1. The standard InChI is InChI=1S/C30H26N4/c1-33(2)30-31-22-21-29(32-30)25-15-13-23(14-16-25)24-17-19-28(20-18-24)34(26-9-5-3-6-10-26)27-11-7-4-8-12-27/h3-22H,1-2H3. The molecule has 5 aromatic rings. The first-order chi connectivity index (χ1) is 16.7. The van der Waals surface area contributed by atoms with Crippen LogP contribution in [0.3, 0.4) is 0 Å². The highest BCUT2D eigenvalue weighted by atomic mass is 15.2. The van der Waals surface area contributed by atoms with E-state index in [4.69, 9.17) is 0 Å². The topological polar surface area (TPSA) is 32.3 Å². The van der Waals surface area contributed by atoms with E-state index in [1.54, 1.807) is 6.20 Å². The number of rotatable bonds is 6. The number of hydrogen-bond acceptors (Lipinski definition) is 4. The number of anilines is 4. The molecule has 4 heteroatoms. The second-order valence-corrected chi connectivity index (χ2v) is 8.27. The van der Waals surface area contributed by atoms with Crippen LogP contribution in [0.15, 0.2) is 121 Å². The molecule has 0 saturated heterocycles. The molecule has 0 saturated carbocycles. The van der Waals surface area contributed by atoms with E-state index in [1.807, 2.05) is 37.2 Å².